The van der Waals surface area contributed by atoms with Gasteiger partial charge in [0.05, 0.1) is 11.3 Å². The van der Waals surface area contributed by atoms with Crippen LogP contribution in [0.4, 0.5) is 5.82 Å². The first-order valence-electron chi connectivity index (χ1n) is 9.14. The molecule has 2 aliphatic rings. The number of hydrogen-bond donors (Lipinski definition) is 0. The van der Waals surface area contributed by atoms with Crippen LogP contribution in [0, 0.1) is 11.3 Å². The largest absolute Gasteiger partial charge is 0.355 e. The molecule has 2 aromatic rings. The van der Waals surface area contributed by atoms with Crippen molar-refractivity contribution in [3.63, 3.8) is 0 Å². The Balaban J connectivity index is 1.92. The summed E-state index contributed by atoms with van der Waals surface area (Å²) in [7, 11) is 0. The standard InChI is InChI=1S/C21H23N3/c22-15-19-17-11-5-6-12-18(17)20(16-9-3-1-4-10-16)23-21(19)24-13-7-2-8-14-24/h1,3-4,9-10H,2,5-8,11-14H2. The molecular formula is C21H23N3. The van der Waals surface area contributed by atoms with Crippen molar-refractivity contribution in [3.05, 3.63) is 47.0 Å². The summed E-state index contributed by atoms with van der Waals surface area (Å²) in [4.78, 5) is 7.39. The quantitative estimate of drug-likeness (QED) is 0.819. The molecule has 1 aliphatic carbocycles. The van der Waals surface area contributed by atoms with Gasteiger partial charge < -0.3 is 4.90 Å². The van der Waals surface area contributed by atoms with Gasteiger partial charge in [0.1, 0.15) is 11.9 Å². The van der Waals surface area contributed by atoms with Crippen LogP contribution in [0.5, 0.6) is 0 Å². The summed E-state index contributed by atoms with van der Waals surface area (Å²) in [6.45, 7) is 2.05. The van der Waals surface area contributed by atoms with Gasteiger partial charge in [0.25, 0.3) is 0 Å². The van der Waals surface area contributed by atoms with Gasteiger partial charge in [-0.05, 0) is 56.1 Å². The van der Waals surface area contributed by atoms with Crippen molar-refractivity contribution in [2.45, 2.75) is 44.9 Å². The van der Waals surface area contributed by atoms with Crippen molar-refractivity contribution in [3.8, 4) is 17.3 Å². The van der Waals surface area contributed by atoms with Crippen LogP contribution >= 0.6 is 0 Å². The number of aromatic nitrogens is 1. The number of benzene rings is 1. The SMILES string of the molecule is N#Cc1c(N2CCCCC2)nc(-c2ccccc2)c2c1CCCC2. The maximum Gasteiger partial charge on any atom is 0.147 e. The number of anilines is 1. The minimum Gasteiger partial charge on any atom is -0.355 e. The molecule has 1 saturated heterocycles. The smallest absolute Gasteiger partial charge is 0.147 e. The van der Waals surface area contributed by atoms with Crippen LogP contribution in [0.15, 0.2) is 30.3 Å². The predicted molar refractivity (Wildman–Crippen MR) is 97.1 cm³/mol. The molecule has 24 heavy (non-hydrogen) atoms. The molecule has 4 rings (SSSR count). The van der Waals surface area contributed by atoms with Crippen molar-refractivity contribution in [2.24, 2.45) is 0 Å². The zero-order valence-corrected chi connectivity index (χ0v) is 14.1. The number of pyridine rings is 1. The fourth-order valence-corrected chi connectivity index (χ4v) is 4.09. The average Bonchev–Trinajstić information content (AvgIpc) is 2.68. The average molecular weight is 317 g/mol. The van der Waals surface area contributed by atoms with Crippen LogP contribution in [-0.2, 0) is 12.8 Å². The Kier molecular flexibility index (Phi) is 4.21. The van der Waals surface area contributed by atoms with E-state index in [1.807, 2.05) is 6.07 Å². The summed E-state index contributed by atoms with van der Waals surface area (Å²) in [5.41, 5.74) is 5.69. The van der Waals surface area contributed by atoms with Crippen LogP contribution < -0.4 is 4.90 Å². The Bertz CT molecular complexity index is 768. The molecule has 0 amide bonds. The van der Waals surface area contributed by atoms with Gasteiger partial charge in [0.2, 0.25) is 0 Å². The molecule has 0 unspecified atom stereocenters. The summed E-state index contributed by atoms with van der Waals surface area (Å²) in [6, 6.07) is 13.0. The Morgan fingerprint density at radius 3 is 2.29 bits per heavy atom. The highest BCUT2D eigenvalue weighted by Crippen LogP contribution is 2.37. The van der Waals surface area contributed by atoms with Crippen LogP contribution in [0.25, 0.3) is 11.3 Å². The van der Waals surface area contributed by atoms with E-state index in [9.17, 15) is 5.26 Å². The highest BCUT2D eigenvalue weighted by atomic mass is 15.2. The molecule has 0 atom stereocenters. The summed E-state index contributed by atoms with van der Waals surface area (Å²) in [5.74, 6) is 0.928. The Morgan fingerprint density at radius 2 is 1.58 bits per heavy atom. The fourth-order valence-electron chi connectivity index (χ4n) is 4.09. The van der Waals surface area contributed by atoms with Gasteiger partial charge in [0, 0.05) is 18.7 Å². The van der Waals surface area contributed by atoms with Gasteiger partial charge in [-0.2, -0.15) is 5.26 Å². The third-order valence-electron chi connectivity index (χ3n) is 5.31. The summed E-state index contributed by atoms with van der Waals surface area (Å²) < 4.78 is 0. The molecule has 0 saturated carbocycles. The molecule has 3 nitrogen and oxygen atoms in total. The number of fused-ring (bicyclic) bond motifs is 1. The lowest BCUT2D eigenvalue weighted by Crippen LogP contribution is -2.31. The monoisotopic (exact) mass is 317 g/mol. The maximum atomic E-state index is 9.85. The van der Waals surface area contributed by atoms with E-state index < -0.39 is 0 Å². The lowest BCUT2D eigenvalue weighted by atomic mass is 9.86. The van der Waals surface area contributed by atoms with Crippen LogP contribution in [0.1, 0.15) is 48.8 Å². The molecule has 1 aromatic carbocycles. The first kappa shape index (κ1) is 15.2. The number of rotatable bonds is 2. The van der Waals surface area contributed by atoms with Crippen molar-refractivity contribution < 1.29 is 0 Å². The highest BCUT2D eigenvalue weighted by molar-refractivity contribution is 5.72. The molecule has 1 aromatic heterocycles. The van der Waals surface area contributed by atoms with E-state index in [0.29, 0.717) is 0 Å². The molecule has 0 bridgehead atoms. The fraction of sp³-hybridized carbons (Fsp3) is 0.429. The lowest BCUT2D eigenvalue weighted by molar-refractivity contribution is 0.572. The molecule has 3 heteroatoms. The minimum absolute atomic E-state index is 0.839. The minimum atomic E-state index is 0.839. The van der Waals surface area contributed by atoms with E-state index >= 15 is 0 Å². The predicted octanol–water partition coefficient (Wildman–Crippen LogP) is 4.49. The van der Waals surface area contributed by atoms with Crippen LogP contribution in [0.3, 0.4) is 0 Å². The van der Waals surface area contributed by atoms with E-state index in [4.69, 9.17) is 4.98 Å². The zero-order valence-electron chi connectivity index (χ0n) is 14.1. The van der Waals surface area contributed by atoms with Gasteiger partial charge >= 0.3 is 0 Å². The Morgan fingerprint density at radius 1 is 0.875 bits per heavy atom. The normalized spacial score (nSPS) is 17.2. The van der Waals surface area contributed by atoms with E-state index in [0.717, 1.165) is 43.0 Å². The van der Waals surface area contributed by atoms with E-state index in [-0.39, 0.29) is 0 Å². The molecule has 1 fully saturated rings. The highest BCUT2D eigenvalue weighted by Gasteiger charge is 2.25. The maximum absolute atomic E-state index is 9.85. The van der Waals surface area contributed by atoms with Crippen molar-refractivity contribution in [2.75, 3.05) is 18.0 Å². The van der Waals surface area contributed by atoms with Gasteiger partial charge in [-0.15, -0.1) is 0 Å². The van der Waals surface area contributed by atoms with Crippen molar-refractivity contribution in [1.29, 1.82) is 5.26 Å². The number of nitriles is 1. The summed E-state index contributed by atoms with van der Waals surface area (Å²) in [5, 5.41) is 9.85. The van der Waals surface area contributed by atoms with E-state index in [1.165, 1.54) is 48.8 Å². The number of hydrogen-bond acceptors (Lipinski definition) is 3. The van der Waals surface area contributed by atoms with Gasteiger partial charge in [0.15, 0.2) is 0 Å². The first-order chi connectivity index (χ1) is 11.9. The summed E-state index contributed by atoms with van der Waals surface area (Å²) in [6.07, 6.45) is 8.12. The molecule has 122 valence electrons. The first-order valence-corrected chi connectivity index (χ1v) is 9.14. The van der Waals surface area contributed by atoms with Gasteiger partial charge in [-0.25, -0.2) is 4.98 Å². The van der Waals surface area contributed by atoms with Crippen molar-refractivity contribution in [1.82, 2.24) is 4.98 Å². The lowest BCUT2D eigenvalue weighted by Gasteiger charge is -2.31. The Hall–Kier alpha value is -2.34. The molecule has 1 aliphatic heterocycles. The Labute approximate surface area is 143 Å². The topological polar surface area (TPSA) is 39.9 Å². The third kappa shape index (κ3) is 2.67. The van der Waals surface area contributed by atoms with Crippen LogP contribution in [0.2, 0.25) is 0 Å². The molecule has 2 heterocycles. The second kappa shape index (κ2) is 6.65. The van der Waals surface area contributed by atoms with Gasteiger partial charge in [-0.3, -0.25) is 0 Å². The molecule has 0 N–H and O–H groups in total. The number of nitrogens with zero attached hydrogens (tertiary/aromatic N) is 3. The van der Waals surface area contributed by atoms with E-state index in [1.54, 1.807) is 0 Å². The number of piperidine rings is 1. The van der Waals surface area contributed by atoms with Crippen molar-refractivity contribution >= 4 is 5.82 Å². The second-order valence-corrected chi connectivity index (χ2v) is 6.85. The van der Waals surface area contributed by atoms with E-state index in [2.05, 4.69) is 35.2 Å². The third-order valence-corrected chi connectivity index (χ3v) is 5.31. The summed E-state index contributed by atoms with van der Waals surface area (Å²) >= 11 is 0. The van der Waals surface area contributed by atoms with Crippen LogP contribution in [-0.4, -0.2) is 18.1 Å². The molecule has 0 spiro atoms. The molecular weight excluding hydrogens is 294 g/mol. The zero-order chi connectivity index (χ0) is 16.4. The molecule has 0 radical (unpaired) electrons. The van der Waals surface area contributed by atoms with Gasteiger partial charge in [-0.1, -0.05) is 30.3 Å². The second-order valence-electron chi connectivity index (χ2n) is 6.85.